The number of anilines is 1. The van der Waals surface area contributed by atoms with Gasteiger partial charge in [-0.15, -0.1) is 5.10 Å². The van der Waals surface area contributed by atoms with E-state index in [-0.39, 0.29) is 17.9 Å². The summed E-state index contributed by atoms with van der Waals surface area (Å²) in [7, 11) is 1.39. The number of ether oxygens (including phenoxy) is 1. The van der Waals surface area contributed by atoms with Crippen LogP contribution in [0.25, 0.3) is 0 Å². The second kappa shape index (κ2) is 5.20. The second-order valence-electron chi connectivity index (χ2n) is 5.33. The van der Waals surface area contributed by atoms with E-state index in [2.05, 4.69) is 17.0 Å². The first-order valence-corrected chi connectivity index (χ1v) is 6.99. The lowest BCUT2D eigenvalue weighted by molar-refractivity contribution is 0.0600. The van der Waals surface area contributed by atoms with E-state index in [0.717, 1.165) is 24.2 Å². The van der Waals surface area contributed by atoms with Crippen LogP contribution in [-0.4, -0.2) is 27.8 Å². The molecule has 0 saturated heterocycles. The topological polar surface area (TPSA) is 83.0 Å². The number of rotatable bonds is 2. The van der Waals surface area contributed by atoms with E-state index in [4.69, 9.17) is 10.5 Å². The van der Waals surface area contributed by atoms with Crippen LogP contribution in [0, 0.1) is 0 Å². The van der Waals surface area contributed by atoms with Gasteiger partial charge in [0.15, 0.2) is 0 Å². The van der Waals surface area contributed by atoms with Crippen molar-refractivity contribution in [1.82, 2.24) is 14.8 Å². The van der Waals surface area contributed by atoms with Crippen LogP contribution in [0.2, 0.25) is 0 Å². The molecule has 2 unspecified atom stereocenters. The molecule has 1 aromatic heterocycles. The van der Waals surface area contributed by atoms with Crippen molar-refractivity contribution in [1.29, 1.82) is 0 Å². The van der Waals surface area contributed by atoms with Crippen molar-refractivity contribution in [2.75, 3.05) is 12.8 Å². The molecule has 0 spiro atoms. The number of nitrogens with two attached hydrogens (primary N) is 1. The van der Waals surface area contributed by atoms with Gasteiger partial charge in [-0.1, -0.05) is 12.1 Å². The Bertz CT molecular complexity index is 680. The summed E-state index contributed by atoms with van der Waals surface area (Å²) in [4.78, 5) is 15.9. The van der Waals surface area contributed by atoms with Gasteiger partial charge in [0.2, 0.25) is 5.95 Å². The quantitative estimate of drug-likeness (QED) is 0.853. The maximum atomic E-state index is 11.7. The molecule has 21 heavy (non-hydrogen) atoms. The summed E-state index contributed by atoms with van der Waals surface area (Å²) in [6.45, 7) is 2.10. The van der Waals surface area contributed by atoms with Gasteiger partial charge in [-0.2, -0.15) is 4.98 Å². The third-order valence-corrected chi connectivity index (χ3v) is 4.10. The molecule has 2 heterocycles. The number of benzene rings is 1. The summed E-state index contributed by atoms with van der Waals surface area (Å²) in [5.74, 6) is 1.22. The van der Waals surface area contributed by atoms with E-state index >= 15 is 0 Å². The number of carbonyl (C=O) groups is 1. The number of nitrogen functional groups attached to an aromatic ring is 1. The average molecular weight is 286 g/mol. The predicted octanol–water partition coefficient (Wildman–Crippen LogP) is 1.94. The van der Waals surface area contributed by atoms with Crippen LogP contribution in [0.5, 0.6) is 0 Å². The Morgan fingerprint density at radius 2 is 2.29 bits per heavy atom. The summed E-state index contributed by atoms with van der Waals surface area (Å²) in [6, 6.07) is 7.75. The van der Waals surface area contributed by atoms with Crippen molar-refractivity contribution >= 4 is 11.9 Å². The number of hydrogen-bond acceptors (Lipinski definition) is 5. The third-order valence-electron chi connectivity index (χ3n) is 4.10. The Kier molecular flexibility index (Phi) is 3.37. The highest BCUT2D eigenvalue weighted by atomic mass is 16.5. The molecule has 2 aromatic rings. The number of aromatic nitrogens is 3. The zero-order valence-corrected chi connectivity index (χ0v) is 12.1. The first kappa shape index (κ1) is 13.6. The largest absolute Gasteiger partial charge is 0.465 e. The molecule has 1 aromatic carbocycles. The van der Waals surface area contributed by atoms with Crippen molar-refractivity contribution in [2.24, 2.45) is 0 Å². The van der Waals surface area contributed by atoms with Gasteiger partial charge in [-0.25, -0.2) is 9.48 Å². The summed E-state index contributed by atoms with van der Waals surface area (Å²) in [6.07, 6.45) is 1.80. The molecule has 6 nitrogen and oxygen atoms in total. The Morgan fingerprint density at radius 1 is 1.48 bits per heavy atom. The predicted molar refractivity (Wildman–Crippen MR) is 78.0 cm³/mol. The van der Waals surface area contributed by atoms with Gasteiger partial charge in [-0.05, 0) is 31.0 Å². The first-order valence-electron chi connectivity index (χ1n) is 6.99. The van der Waals surface area contributed by atoms with Crippen molar-refractivity contribution < 1.29 is 9.53 Å². The van der Waals surface area contributed by atoms with Crippen molar-refractivity contribution in [3.8, 4) is 0 Å². The smallest absolute Gasteiger partial charge is 0.337 e. The molecule has 0 bridgehead atoms. The van der Waals surface area contributed by atoms with Gasteiger partial charge in [0, 0.05) is 12.3 Å². The Hall–Kier alpha value is -2.37. The minimum absolute atomic E-state index is 0.159. The fourth-order valence-corrected chi connectivity index (χ4v) is 3.03. The van der Waals surface area contributed by atoms with Crippen LogP contribution in [0.3, 0.4) is 0 Å². The average Bonchev–Trinajstić information content (AvgIpc) is 2.88. The summed E-state index contributed by atoms with van der Waals surface area (Å²) in [5, 5.41) is 4.27. The van der Waals surface area contributed by atoms with E-state index in [1.54, 1.807) is 6.07 Å². The zero-order chi connectivity index (χ0) is 15.0. The molecular weight excluding hydrogens is 268 g/mol. The van der Waals surface area contributed by atoms with Gasteiger partial charge in [0.1, 0.15) is 5.82 Å². The summed E-state index contributed by atoms with van der Waals surface area (Å²) < 4.78 is 6.68. The Morgan fingerprint density at radius 3 is 3.05 bits per heavy atom. The van der Waals surface area contributed by atoms with Gasteiger partial charge in [0.25, 0.3) is 0 Å². The number of nitrogens with zero attached hydrogens (tertiary/aromatic N) is 3. The minimum atomic E-state index is -0.314. The number of aryl methyl sites for hydroxylation is 1. The van der Waals surface area contributed by atoms with Crippen LogP contribution >= 0.6 is 0 Å². The lowest BCUT2D eigenvalue weighted by Crippen LogP contribution is -2.24. The molecule has 2 N–H and O–H groups in total. The lowest BCUT2D eigenvalue weighted by Gasteiger charge is -2.30. The Labute approximate surface area is 122 Å². The monoisotopic (exact) mass is 286 g/mol. The SMILES string of the molecule is COC(=O)c1cccc(C2CCc3nc(N)nn3C2C)c1. The van der Waals surface area contributed by atoms with Gasteiger partial charge < -0.3 is 10.5 Å². The highest BCUT2D eigenvalue weighted by Crippen LogP contribution is 2.37. The van der Waals surface area contributed by atoms with Crippen LogP contribution in [0.4, 0.5) is 5.95 Å². The van der Waals surface area contributed by atoms with Crippen molar-refractivity contribution in [3.05, 3.63) is 41.2 Å². The van der Waals surface area contributed by atoms with Crippen LogP contribution < -0.4 is 5.73 Å². The fourth-order valence-electron chi connectivity index (χ4n) is 3.03. The Balaban J connectivity index is 1.93. The van der Waals surface area contributed by atoms with Gasteiger partial charge in [-0.3, -0.25) is 0 Å². The highest BCUT2D eigenvalue weighted by molar-refractivity contribution is 5.89. The van der Waals surface area contributed by atoms with E-state index in [1.807, 2.05) is 22.9 Å². The number of hydrogen-bond donors (Lipinski definition) is 1. The van der Waals surface area contributed by atoms with Gasteiger partial charge >= 0.3 is 5.97 Å². The van der Waals surface area contributed by atoms with E-state index < -0.39 is 0 Å². The molecule has 2 atom stereocenters. The molecule has 0 saturated carbocycles. The number of methoxy groups -OCH3 is 1. The number of carbonyl (C=O) groups excluding carboxylic acids is 1. The third kappa shape index (κ3) is 2.37. The molecule has 0 fully saturated rings. The van der Waals surface area contributed by atoms with E-state index in [0.29, 0.717) is 11.5 Å². The highest BCUT2D eigenvalue weighted by Gasteiger charge is 2.29. The van der Waals surface area contributed by atoms with Crippen LogP contribution in [0.15, 0.2) is 24.3 Å². The lowest BCUT2D eigenvalue weighted by atomic mass is 9.85. The van der Waals surface area contributed by atoms with Crippen molar-refractivity contribution in [2.45, 2.75) is 31.7 Å². The molecule has 1 aliphatic heterocycles. The van der Waals surface area contributed by atoms with Crippen LogP contribution in [-0.2, 0) is 11.2 Å². The summed E-state index contributed by atoms with van der Waals surface area (Å²) in [5.41, 5.74) is 7.37. The molecule has 0 radical (unpaired) electrons. The molecule has 6 heteroatoms. The standard InChI is InChI=1S/C15H18N4O2/c1-9-12(6-7-13-17-15(16)18-19(9)13)10-4-3-5-11(8-10)14(20)21-2/h3-5,8-9,12H,6-7H2,1-2H3,(H2,16,18). The van der Waals surface area contributed by atoms with Crippen LogP contribution in [0.1, 0.15) is 47.1 Å². The van der Waals surface area contributed by atoms with Gasteiger partial charge in [0.05, 0.1) is 18.7 Å². The maximum Gasteiger partial charge on any atom is 0.337 e. The molecular formula is C15H18N4O2. The molecule has 0 aliphatic carbocycles. The second-order valence-corrected chi connectivity index (χ2v) is 5.33. The maximum absolute atomic E-state index is 11.7. The van der Waals surface area contributed by atoms with E-state index in [9.17, 15) is 4.79 Å². The molecule has 3 rings (SSSR count). The fraction of sp³-hybridized carbons (Fsp3) is 0.400. The molecule has 1 aliphatic rings. The first-order chi connectivity index (χ1) is 10.1. The normalized spacial score (nSPS) is 20.9. The molecule has 110 valence electrons. The van der Waals surface area contributed by atoms with Crippen molar-refractivity contribution in [3.63, 3.8) is 0 Å². The summed E-state index contributed by atoms with van der Waals surface area (Å²) >= 11 is 0. The zero-order valence-electron chi connectivity index (χ0n) is 12.1. The minimum Gasteiger partial charge on any atom is -0.465 e. The van der Waals surface area contributed by atoms with E-state index in [1.165, 1.54) is 7.11 Å². The number of esters is 1. The number of fused-ring (bicyclic) bond motifs is 1. The molecule has 0 amide bonds.